The van der Waals surface area contributed by atoms with Crippen molar-refractivity contribution in [2.75, 3.05) is 18.7 Å². The molecule has 2 aromatic rings. The number of amides is 1. The van der Waals surface area contributed by atoms with Gasteiger partial charge in [-0.05, 0) is 38.0 Å². The highest BCUT2D eigenvalue weighted by Gasteiger charge is 2.18. The maximum absolute atomic E-state index is 12.1. The largest absolute Gasteiger partial charge is 0.462 e. The quantitative estimate of drug-likeness (QED) is 0.795. The van der Waals surface area contributed by atoms with E-state index in [1.165, 1.54) is 0 Å². The molecule has 0 saturated heterocycles. The smallest absolute Gasteiger partial charge is 0.350 e. The lowest BCUT2D eigenvalue weighted by atomic mass is 10.1. The third-order valence-electron chi connectivity index (χ3n) is 3.58. The van der Waals surface area contributed by atoms with Gasteiger partial charge >= 0.3 is 5.97 Å². The van der Waals surface area contributed by atoms with Gasteiger partial charge < -0.3 is 19.5 Å². The molecule has 1 aromatic carbocycles. The van der Waals surface area contributed by atoms with Crippen molar-refractivity contribution >= 4 is 28.3 Å². The van der Waals surface area contributed by atoms with Crippen LogP contribution in [0.25, 0.3) is 0 Å². The first-order valence-corrected chi connectivity index (χ1v) is 8.71. The molecular weight excluding hydrogens is 344 g/mol. The minimum Gasteiger partial charge on any atom is -0.462 e. The van der Waals surface area contributed by atoms with Gasteiger partial charge in [0.2, 0.25) is 12.7 Å². The van der Waals surface area contributed by atoms with E-state index < -0.39 is 5.97 Å². The summed E-state index contributed by atoms with van der Waals surface area (Å²) in [5.74, 6) is 0.839. The predicted octanol–water partition coefficient (Wildman–Crippen LogP) is 2.93. The van der Waals surface area contributed by atoms with Crippen LogP contribution < -0.4 is 14.8 Å². The highest BCUT2D eigenvalue weighted by Crippen LogP contribution is 2.32. The van der Waals surface area contributed by atoms with Crippen LogP contribution in [-0.2, 0) is 16.0 Å². The Kier molecular flexibility index (Phi) is 5.18. The highest BCUT2D eigenvalue weighted by molar-refractivity contribution is 7.17. The van der Waals surface area contributed by atoms with Crippen molar-refractivity contribution in [2.45, 2.75) is 26.7 Å². The normalized spacial score (nSPS) is 12.1. The van der Waals surface area contributed by atoms with Crippen molar-refractivity contribution in [3.05, 3.63) is 34.3 Å². The summed E-state index contributed by atoms with van der Waals surface area (Å²) in [6, 6.07) is 5.63. The molecule has 0 bridgehead atoms. The lowest BCUT2D eigenvalue weighted by Crippen LogP contribution is -2.12. The SMILES string of the molecule is CCOC(=O)c1sc(NC(=O)CCc2ccc3c(c2)OCO3)nc1C. The second kappa shape index (κ2) is 7.52. The van der Waals surface area contributed by atoms with Gasteiger partial charge in [0.25, 0.3) is 0 Å². The summed E-state index contributed by atoms with van der Waals surface area (Å²) in [7, 11) is 0. The lowest BCUT2D eigenvalue weighted by molar-refractivity contribution is -0.116. The van der Waals surface area contributed by atoms with E-state index in [2.05, 4.69) is 10.3 Å². The molecule has 1 aliphatic rings. The topological polar surface area (TPSA) is 86.8 Å². The van der Waals surface area contributed by atoms with Gasteiger partial charge in [0, 0.05) is 6.42 Å². The molecule has 132 valence electrons. The number of carbonyl (C=O) groups excluding carboxylic acids is 2. The fraction of sp³-hybridized carbons (Fsp3) is 0.353. The Hall–Kier alpha value is -2.61. The maximum Gasteiger partial charge on any atom is 0.350 e. The molecule has 0 radical (unpaired) electrons. The van der Waals surface area contributed by atoms with E-state index in [0.29, 0.717) is 40.9 Å². The number of aromatic nitrogens is 1. The average Bonchev–Trinajstić information content (AvgIpc) is 3.19. The predicted molar refractivity (Wildman–Crippen MR) is 92.3 cm³/mol. The number of benzene rings is 1. The number of thiazole rings is 1. The molecule has 25 heavy (non-hydrogen) atoms. The summed E-state index contributed by atoms with van der Waals surface area (Å²) < 4.78 is 15.6. The molecule has 1 amide bonds. The number of nitrogens with one attached hydrogen (secondary N) is 1. The first-order chi connectivity index (χ1) is 12.1. The molecule has 3 rings (SSSR count). The van der Waals surface area contributed by atoms with Crippen molar-refractivity contribution in [1.82, 2.24) is 4.98 Å². The number of esters is 1. The Morgan fingerprint density at radius 2 is 2.12 bits per heavy atom. The Labute approximate surface area is 148 Å². The van der Waals surface area contributed by atoms with Crippen LogP contribution in [-0.4, -0.2) is 30.3 Å². The molecule has 2 heterocycles. The van der Waals surface area contributed by atoms with Crippen LogP contribution in [0.5, 0.6) is 11.5 Å². The van der Waals surface area contributed by atoms with E-state index in [4.69, 9.17) is 14.2 Å². The van der Waals surface area contributed by atoms with E-state index in [-0.39, 0.29) is 12.7 Å². The van der Waals surface area contributed by atoms with Crippen molar-refractivity contribution in [3.8, 4) is 11.5 Å². The number of ether oxygens (including phenoxy) is 3. The Morgan fingerprint density at radius 1 is 1.32 bits per heavy atom. The van der Waals surface area contributed by atoms with E-state index in [1.807, 2.05) is 18.2 Å². The molecule has 0 saturated carbocycles. The van der Waals surface area contributed by atoms with Gasteiger partial charge in [-0.2, -0.15) is 0 Å². The van der Waals surface area contributed by atoms with Gasteiger partial charge in [-0.3, -0.25) is 4.79 Å². The molecule has 1 N–H and O–H groups in total. The van der Waals surface area contributed by atoms with E-state index in [0.717, 1.165) is 22.6 Å². The third-order valence-corrected chi connectivity index (χ3v) is 4.63. The van der Waals surface area contributed by atoms with Crippen molar-refractivity contribution in [1.29, 1.82) is 0 Å². The Balaban J connectivity index is 1.56. The number of hydrogen-bond donors (Lipinski definition) is 1. The number of rotatable bonds is 6. The molecule has 0 spiro atoms. The summed E-state index contributed by atoms with van der Waals surface area (Å²) >= 11 is 1.12. The number of nitrogens with zero attached hydrogens (tertiary/aromatic N) is 1. The van der Waals surface area contributed by atoms with Crippen LogP contribution in [0.15, 0.2) is 18.2 Å². The summed E-state index contributed by atoms with van der Waals surface area (Å²) in [4.78, 5) is 28.5. The first-order valence-electron chi connectivity index (χ1n) is 7.89. The third kappa shape index (κ3) is 4.08. The Bertz CT molecular complexity index is 802. The highest BCUT2D eigenvalue weighted by atomic mass is 32.1. The number of hydrogen-bond acceptors (Lipinski definition) is 7. The number of anilines is 1. The molecule has 7 nitrogen and oxygen atoms in total. The first kappa shape index (κ1) is 17.2. The van der Waals surface area contributed by atoms with Crippen LogP contribution in [0.2, 0.25) is 0 Å². The monoisotopic (exact) mass is 362 g/mol. The fourth-order valence-corrected chi connectivity index (χ4v) is 3.25. The minimum absolute atomic E-state index is 0.165. The van der Waals surface area contributed by atoms with Crippen molar-refractivity contribution < 1.29 is 23.8 Å². The zero-order valence-electron chi connectivity index (χ0n) is 14.0. The number of aryl methyl sites for hydroxylation is 2. The van der Waals surface area contributed by atoms with Crippen LogP contribution in [0, 0.1) is 6.92 Å². The zero-order valence-corrected chi connectivity index (χ0v) is 14.8. The number of carbonyl (C=O) groups is 2. The summed E-state index contributed by atoms with van der Waals surface area (Å²) in [5, 5.41) is 3.13. The van der Waals surface area contributed by atoms with E-state index >= 15 is 0 Å². The van der Waals surface area contributed by atoms with Gasteiger partial charge in [-0.15, -0.1) is 0 Å². The fourth-order valence-electron chi connectivity index (χ4n) is 2.37. The zero-order chi connectivity index (χ0) is 17.8. The Morgan fingerprint density at radius 3 is 2.92 bits per heavy atom. The molecule has 0 fully saturated rings. The average molecular weight is 362 g/mol. The van der Waals surface area contributed by atoms with Gasteiger partial charge in [0.05, 0.1) is 12.3 Å². The van der Waals surface area contributed by atoms with Crippen LogP contribution >= 0.6 is 11.3 Å². The molecule has 1 aliphatic heterocycles. The van der Waals surface area contributed by atoms with Gasteiger partial charge in [-0.25, -0.2) is 9.78 Å². The van der Waals surface area contributed by atoms with Crippen LogP contribution in [0.1, 0.15) is 34.3 Å². The summed E-state index contributed by atoms with van der Waals surface area (Å²) in [6.45, 7) is 3.98. The van der Waals surface area contributed by atoms with Gasteiger partial charge in [0.1, 0.15) is 4.88 Å². The van der Waals surface area contributed by atoms with Gasteiger partial charge in [0.15, 0.2) is 16.6 Å². The van der Waals surface area contributed by atoms with E-state index in [9.17, 15) is 9.59 Å². The van der Waals surface area contributed by atoms with E-state index in [1.54, 1.807) is 13.8 Å². The van der Waals surface area contributed by atoms with Crippen LogP contribution in [0.3, 0.4) is 0 Å². The standard InChI is InChI=1S/C17H18N2O5S/c1-3-22-16(21)15-10(2)18-17(25-15)19-14(20)7-5-11-4-6-12-13(8-11)24-9-23-12/h4,6,8H,3,5,7,9H2,1-2H3,(H,18,19,20). The molecule has 1 aromatic heterocycles. The summed E-state index contributed by atoms with van der Waals surface area (Å²) in [6.07, 6.45) is 0.866. The maximum atomic E-state index is 12.1. The second-order valence-corrected chi connectivity index (χ2v) is 6.39. The lowest BCUT2D eigenvalue weighted by Gasteiger charge is -2.03. The molecular formula is C17H18N2O5S. The molecule has 0 atom stereocenters. The summed E-state index contributed by atoms with van der Waals surface area (Å²) in [5.41, 5.74) is 1.54. The van der Waals surface area contributed by atoms with Crippen molar-refractivity contribution in [3.63, 3.8) is 0 Å². The van der Waals surface area contributed by atoms with Gasteiger partial charge in [-0.1, -0.05) is 17.4 Å². The molecule has 8 heteroatoms. The molecule has 0 unspecified atom stereocenters. The minimum atomic E-state index is -0.418. The van der Waals surface area contributed by atoms with Crippen molar-refractivity contribution in [2.24, 2.45) is 0 Å². The number of fused-ring (bicyclic) bond motifs is 1. The molecule has 0 aliphatic carbocycles. The van der Waals surface area contributed by atoms with Crippen LogP contribution in [0.4, 0.5) is 5.13 Å². The second-order valence-electron chi connectivity index (χ2n) is 5.39.